The first-order chi connectivity index (χ1) is 17.7. The van der Waals surface area contributed by atoms with E-state index in [2.05, 4.69) is 19.6 Å². The summed E-state index contributed by atoms with van der Waals surface area (Å²) in [5.74, 6) is -3.20. The molecule has 0 aromatic heterocycles. The van der Waals surface area contributed by atoms with Gasteiger partial charge in [-0.15, -0.1) is 0 Å². The van der Waals surface area contributed by atoms with Crippen molar-refractivity contribution in [3.05, 3.63) is 47.1 Å². The maximum Gasteiger partial charge on any atom is 0.472 e. The highest BCUT2D eigenvalue weighted by atomic mass is 31.2. The fourth-order valence-corrected chi connectivity index (χ4v) is 6.14. The molecule has 0 fully saturated rings. The van der Waals surface area contributed by atoms with Crippen LogP contribution < -0.4 is 9.47 Å². The predicted molar refractivity (Wildman–Crippen MR) is 149 cm³/mol. The minimum absolute atomic E-state index is 0.0130. The SMILES string of the molecule is C=C(C)C1CCC(C)=CC1c1c(OC(C)(C)OP(=O)(O)O)cc(CCCCC)cc1OC(C)(C)OP(=O)(O)O. The van der Waals surface area contributed by atoms with Crippen molar-refractivity contribution in [2.45, 2.75) is 104 Å². The van der Waals surface area contributed by atoms with E-state index in [-0.39, 0.29) is 23.3 Å². The predicted octanol–water partition coefficient (Wildman–Crippen LogP) is 6.88. The van der Waals surface area contributed by atoms with Gasteiger partial charge < -0.3 is 29.0 Å². The first-order valence-corrected chi connectivity index (χ1v) is 16.2. The van der Waals surface area contributed by atoms with Gasteiger partial charge >= 0.3 is 15.6 Å². The molecule has 10 nitrogen and oxygen atoms in total. The van der Waals surface area contributed by atoms with Crippen molar-refractivity contribution in [3.8, 4) is 11.5 Å². The average molecular weight is 591 g/mol. The number of unbranched alkanes of at least 4 members (excludes halogenated alkanes) is 2. The molecule has 1 aromatic rings. The summed E-state index contributed by atoms with van der Waals surface area (Å²) in [6.45, 7) is 15.8. The molecule has 0 aliphatic heterocycles. The molecule has 222 valence electrons. The molecule has 0 saturated carbocycles. The number of allylic oxidation sites excluding steroid dienone is 3. The Kier molecular flexibility index (Phi) is 11.2. The molecule has 0 radical (unpaired) electrons. The summed E-state index contributed by atoms with van der Waals surface area (Å²) in [7, 11) is -9.80. The summed E-state index contributed by atoms with van der Waals surface area (Å²) in [4.78, 5) is 37.9. The Morgan fingerprint density at radius 2 is 1.46 bits per heavy atom. The third-order valence-electron chi connectivity index (χ3n) is 6.34. The van der Waals surface area contributed by atoms with Crippen LogP contribution in [0.2, 0.25) is 0 Å². The van der Waals surface area contributed by atoms with Crippen LogP contribution in [0, 0.1) is 5.92 Å². The largest absolute Gasteiger partial charge is 0.472 e. The zero-order chi connectivity index (χ0) is 29.8. The van der Waals surface area contributed by atoms with Crippen LogP contribution >= 0.6 is 15.6 Å². The maximum absolute atomic E-state index is 11.7. The smallest absolute Gasteiger partial charge is 0.462 e. The number of benzene rings is 1. The van der Waals surface area contributed by atoms with Gasteiger partial charge in [0.05, 0.1) is 0 Å². The Bertz CT molecular complexity index is 1090. The van der Waals surface area contributed by atoms with Crippen LogP contribution in [-0.2, 0) is 24.6 Å². The quantitative estimate of drug-likeness (QED) is 0.0780. The van der Waals surface area contributed by atoms with Crippen molar-refractivity contribution in [1.82, 2.24) is 0 Å². The summed E-state index contributed by atoms with van der Waals surface area (Å²) >= 11 is 0. The highest BCUT2D eigenvalue weighted by Crippen LogP contribution is 2.51. The molecular weight excluding hydrogens is 546 g/mol. The van der Waals surface area contributed by atoms with Gasteiger partial charge in [-0.1, -0.05) is 43.6 Å². The number of ether oxygens (including phenoxy) is 2. The van der Waals surface area contributed by atoms with E-state index in [1.807, 2.05) is 26.0 Å². The van der Waals surface area contributed by atoms with Crippen LogP contribution in [0.1, 0.15) is 97.6 Å². The van der Waals surface area contributed by atoms with Gasteiger partial charge in [0.15, 0.2) is 0 Å². The van der Waals surface area contributed by atoms with Crippen molar-refractivity contribution >= 4 is 15.6 Å². The molecule has 0 saturated heterocycles. The van der Waals surface area contributed by atoms with Crippen molar-refractivity contribution in [2.75, 3.05) is 0 Å². The van der Waals surface area contributed by atoms with Gasteiger partial charge in [0.2, 0.25) is 11.6 Å². The summed E-state index contributed by atoms with van der Waals surface area (Å²) in [6, 6.07) is 3.62. The summed E-state index contributed by atoms with van der Waals surface area (Å²) in [6.07, 6.45) is 7.28. The zero-order valence-electron chi connectivity index (χ0n) is 24.0. The van der Waals surface area contributed by atoms with E-state index in [9.17, 15) is 28.7 Å². The number of phosphoric ester groups is 2. The van der Waals surface area contributed by atoms with E-state index >= 15 is 0 Å². The number of phosphoric acid groups is 2. The lowest BCUT2D eigenvalue weighted by molar-refractivity contribution is -0.100. The number of hydrogen-bond donors (Lipinski definition) is 4. The lowest BCUT2D eigenvalue weighted by atomic mass is 9.73. The molecule has 2 atom stereocenters. The van der Waals surface area contributed by atoms with Gasteiger partial charge in [-0.2, -0.15) is 0 Å². The highest BCUT2D eigenvalue weighted by Gasteiger charge is 2.38. The molecule has 39 heavy (non-hydrogen) atoms. The van der Waals surface area contributed by atoms with Gasteiger partial charge in [-0.3, -0.25) is 0 Å². The molecular formula is C27H44O10P2. The van der Waals surface area contributed by atoms with Crippen LogP contribution in [0.5, 0.6) is 11.5 Å². The second kappa shape index (κ2) is 13.0. The topological polar surface area (TPSA) is 152 Å². The van der Waals surface area contributed by atoms with Gasteiger partial charge in [0.25, 0.3) is 0 Å². The van der Waals surface area contributed by atoms with Crippen molar-refractivity contribution in [2.24, 2.45) is 5.92 Å². The normalized spacial score (nSPS) is 19.0. The fourth-order valence-electron chi connectivity index (χ4n) is 4.92. The molecule has 1 aliphatic rings. The Labute approximate surface area is 231 Å². The van der Waals surface area contributed by atoms with Gasteiger partial charge in [-0.05, 0) is 63.1 Å². The molecule has 0 bridgehead atoms. The second-order valence-corrected chi connectivity index (χ2v) is 13.5. The lowest BCUT2D eigenvalue weighted by Crippen LogP contribution is -2.33. The second-order valence-electron chi connectivity index (χ2n) is 11.2. The minimum Gasteiger partial charge on any atom is -0.462 e. The van der Waals surface area contributed by atoms with E-state index in [0.717, 1.165) is 48.8 Å². The van der Waals surface area contributed by atoms with E-state index in [0.29, 0.717) is 12.0 Å². The molecule has 1 aliphatic carbocycles. The molecule has 4 N–H and O–H groups in total. The molecule has 0 spiro atoms. The van der Waals surface area contributed by atoms with Gasteiger partial charge in [0.1, 0.15) is 11.5 Å². The highest BCUT2D eigenvalue weighted by molar-refractivity contribution is 7.46. The minimum atomic E-state index is -4.90. The zero-order valence-corrected chi connectivity index (χ0v) is 25.8. The Morgan fingerprint density at radius 3 is 1.87 bits per heavy atom. The molecule has 12 heteroatoms. The first kappa shape index (κ1) is 33.7. The van der Waals surface area contributed by atoms with Crippen molar-refractivity contribution in [1.29, 1.82) is 0 Å². The fraction of sp³-hybridized carbons (Fsp3) is 0.630. The standard InChI is InChI=1S/C27H44O10P2/c1-9-10-11-12-20-16-23(34-26(5,6)36-38(28,29)30)25(22-15-19(4)13-14-21(22)18(2)3)24(17-20)35-27(7,8)37-39(31,32)33/h15-17,21-22H,2,9-14H2,1,3-8H3,(H2,28,29,30)(H2,31,32,33). The number of rotatable bonds is 14. The van der Waals surface area contributed by atoms with Crippen LogP contribution in [-0.4, -0.2) is 31.1 Å². The molecule has 0 amide bonds. The number of aryl methyl sites for hydroxylation is 1. The summed E-state index contributed by atoms with van der Waals surface area (Å²) in [5.41, 5.74) is 3.44. The maximum atomic E-state index is 11.7. The van der Waals surface area contributed by atoms with Crippen LogP contribution in [0.15, 0.2) is 35.9 Å². The van der Waals surface area contributed by atoms with E-state index in [4.69, 9.17) is 18.5 Å². The van der Waals surface area contributed by atoms with Crippen LogP contribution in [0.4, 0.5) is 0 Å². The lowest BCUT2D eigenvalue weighted by Gasteiger charge is -2.36. The third kappa shape index (κ3) is 11.1. The van der Waals surface area contributed by atoms with Gasteiger partial charge in [0, 0.05) is 39.2 Å². The van der Waals surface area contributed by atoms with Crippen molar-refractivity contribution < 1.29 is 47.2 Å². The van der Waals surface area contributed by atoms with Crippen LogP contribution in [0.25, 0.3) is 0 Å². The summed E-state index contributed by atoms with van der Waals surface area (Å²) < 4.78 is 45.7. The van der Waals surface area contributed by atoms with E-state index in [1.54, 1.807) is 0 Å². The molecule has 0 heterocycles. The molecule has 2 unspecified atom stereocenters. The van der Waals surface area contributed by atoms with E-state index in [1.165, 1.54) is 27.7 Å². The van der Waals surface area contributed by atoms with Crippen molar-refractivity contribution in [3.63, 3.8) is 0 Å². The summed E-state index contributed by atoms with van der Waals surface area (Å²) in [5, 5.41) is 0. The van der Waals surface area contributed by atoms with E-state index < -0.39 is 27.2 Å². The third-order valence-corrected chi connectivity index (χ3v) is 7.69. The Balaban J connectivity index is 2.82. The Morgan fingerprint density at radius 1 is 0.974 bits per heavy atom. The Hall–Kier alpha value is -1.48. The van der Waals surface area contributed by atoms with Gasteiger partial charge in [-0.25, -0.2) is 18.2 Å². The monoisotopic (exact) mass is 590 g/mol. The molecule has 2 rings (SSSR count). The number of hydrogen-bond acceptors (Lipinski definition) is 6. The van der Waals surface area contributed by atoms with Crippen LogP contribution in [0.3, 0.4) is 0 Å². The first-order valence-electron chi connectivity index (χ1n) is 13.1. The molecule has 1 aromatic carbocycles. The average Bonchev–Trinajstić information content (AvgIpc) is 2.69.